The van der Waals surface area contributed by atoms with Gasteiger partial charge in [-0.1, -0.05) is 0 Å². The van der Waals surface area contributed by atoms with E-state index in [2.05, 4.69) is 30.2 Å². The number of amides is 1. The average Bonchev–Trinajstić information content (AvgIpc) is 3.55. The number of rotatable bonds is 6. The van der Waals surface area contributed by atoms with Gasteiger partial charge in [-0.3, -0.25) is 4.79 Å². The molecule has 0 radical (unpaired) electrons. The van der Waals surface area contributed by atoms with Crippen molar-refractivity contribution < 1.29 is 9.18 Å². The lowest BCUT2D eigenvalue weighted by Gasteiger charge is -2.36. The number of benzene rings is 1. The lowest BCUT2D eigenvalue weighted by molar-refractivity contribution is -0.122. The quantitative estimate of drug-likeness (QED) is 0.669. The highest BCUT2D eigenvalue weighted by atomic mass is 19.1. The van der Waals surface area contributed by atoms with E-state index in [1.165, 1.54) is 12.1 Å². The Bertz CT molecular complexity index is 1040. The molecule has 1 aliphatic heterocycles. The van der Waals surface area contributed by atoms with Gasteiger partial charge >= 0.3 is 0 Å². The maximum atomic E-state index is 13.2. The first kappa shape index (κ1) is 18.8. The van der Waals surface area contributed by atoms with Crippen LogP contribution in [-0.4, -0.2) is 58.4 Å². The molecule has 2 fully saturated rings. The molecule has 5 rings (SSSR count). The fraction of sp³-hybridized carbons (Fsp3) is 0.429. The van der Waals surface area contributed by atoms with Crippen LogP contribution in [0, 0.1) is 11.7 Å². The molecule has 0 atom stereocenters. The van der Waals surface area contributed by atoms with Crippen LogP contribution in [0.5, 0.6) is 0 Å². The summed E-state index contributed by atoms with van der Waals surface area (Å²) in [7, 11) is 0. The maximum absolute atomic E-state index is 13.2. The number of hydrogen-bond acceptors (Lipinski definition) is 6. The van der Waals surface area contributed by atoms with Gasteiger partial charge in [-0.25, -0.2) is 19.0 Å². The van der Waals surface area contributed by atoms with E-state index in [1.54, 1.807) is 12.5 Å². The minimum absolute atomic E-state index is 0.140. The van der Waals surface area contributed by atoms with Gasteiger partial charge < -0.3 is 15.1 Å². The predicted molar refractivity (Wildman–Crippen MR) is 112 cm³/mol. The monoisotopic (exact) mass is 409 g/mol. The molecule has 1 amide bonds. The van der Waals surface area contributed by atoms with Crippen molar-refractivity contribution in [3.05, 3.63) is 42.6 Å². The van der Waals surface area contributed by atoms with E-state index in [4.69, 9.17) is 0 Å². The molecule has 1 saturated heterocycles. The SMILES string of the molecule is O=C(NCCn1ncc2c(N3CCN(c4ccc(F)cc4)CC3)ncnc21)C1CC1. The van der Waals surface area contributed by atoms with Crippen LogP contribution < -0.4 is 15.1 Å². The van der Waals surface area contributed by atoms with Gasteiger partial charge in [0.1, 0.15) is 18.0 Å². The Kier molecular flexibility index (Phi) is 4.94. The number of anilines is 2. The fourth-order valence-electron chi connectivity index (χ4n) is 3.90. The number of nitrogens with one attached hydrogen (secondary N) is 1. The molecule has 9 heteroatoms. The van der Waals surface area contributed by atoms with E-state index < -0.39 is 0 Å². The highest BCUT2D eigenvalue weighted by Crippen LogP contribution is 2.28. The van der Waals surface area contributed by atoms with Gasteiger partial charge in [0.2, 0.25) is 5.91 Å². The van der Waals surface area contributed by atoms with Crippen LogP contribution in [-0.2, 0) is 11.3 Å². The number of halogens is 1. The Balaban J connectivity index is 1.25. The smallest absolute Gasteiger partial charge is 0.223 e. The van der Waals surface area contributed by atoms with Crippen molar-refractivity contribution in [3.63, 3.8) is 0 Å². The van der Waals surface area contributed by atoms with Crippen LogP contribution >= 0.6 is 0 Å². The Morgan fingerprint density at radius 3 is 2.53 bits per heavy atom. The second-order valence-corrected chi connectivity index (χ2v) is 7.82. The summed E-state index contributed by atoms with van der Waals surface area (Å²) >= 11 is 0. The van der Waals surface area contributed by atoms with Gasteiger partial charge in [-0.05, 0) is 37.1 Å². The normalized spacial score (nSPS) is 16.8. The van der Waals surface area contributed by atoms with Crippen molar-refractivity contribution in [1.29, 1.82) is 0 Å². The van der Waals surface area contributed by atoms with E-state index in [9.17, 15) is 9.18 Å². The van der Waals surface area contributed by atoms with Gasteiger partial charge in [0, 0.05) is 44.3 Å². The summed E-state index contributed by atoms with van der Waals surface area (Å²) in [6, 6.07) is 6.63. The van der Waals surface area contributed by atoms with Crippen LogP contribution in [0.1, 0.15) is 12.8 Å². The molecule has 3 heterocycles. The third-order valence-corrected chi connectivity index (χ3v) is 5.75. The molecule has 3 aromatic rings. The first-order valence-electron chi connectivity index (χ1n) is 10.4. The summed E-state index contributed by atoms with van der Waals surface area (Å²) in [6.07, 6.45) is 5.38. The lowest BCUT2D eigenvalue weighted by atomic mass is 10.2. The van der Waals surface area contributed by atoms with Gasteiger partial charge in [0.05, 0.1) is 18.1 Å². The van der Waals surface area contributed by atoms with Crippen molar-refractivity contribution in [1.82, 2.24) is 25.1 Å². The third-order valence-electron chi connectivity index (χ3n) is 5.75. The summed E-state index contributed by atoms with van der Waals surface area (Å²) in [4.78, 5) is 25.2. The molecular weight excluding hydrogens is 385 g/mol. The molecule has 30 heavy (non-hydrogen) atoms. The maximum Gasteiger partial charge on any atom is 0.223 e. The Morgan fingerprint density at radius 1 is 1.07 bits per heavy atom. The highest BCUT2D eigenvalue weighted by Gasteiger charge is 2.29. The van der Waals surface area contributed by atoms with Crippen molar-refractivity contribution in [3.8, 4) is 0 Å². The molecule has 1 N–H and O–H groups in total. The Morgan fingerprint density at radius 2 is 1.80 bits per heavy atom. The molecule has 2 aromatic heterocycles. The number of hydrogen-bond donors (Lipinski definition) is 1. The number of carbonyl (C=O) groups is 1. The lowest BCUT2D eigenvalue weighted by Crippen LogP contribution is -2.46. The van der Waals surface area contributed by atoms with Gasteiger partial charge in [-0.2, -0.15) is 5.10 Å². The van der Waals surface area contributed by atoms with Crippen LogP contribution in [0.15, 0.2) is 36.8 Å². The van der Waals surface area contributed by atoms with E-state index in [0.717, 1.165) is 61.6 Å². The molecule has 0 spiro atoms. The van der Waals surface area contributed by atoms with Crippen LogP contribution in [0.25, 0.3) is 11.0 Å². The van der Waals surface area contributed by atoms with Crippen LogP contribution in [0.2, 0.25) is 0 Å². The topological polar surface area (TPSA) is 79.2 Å². The number of aromatic nitrogens is 4. The number of nitrogens with zero attached hydrogens (tertiary/aromatic N) is 6. The summed E-state index contributed by atoms with van der Waals surface area (Å²) in [5.41, 5.74) is 1.81. The summed E-state index contributed by atoms with van der Waals surface area (Å²) in [5, 5.41) is 8.35. The molecule has 1 aromatic carbocycles. The largest absolute Gasteiger partial charge is 0.368 e. The van der Waals surface area contributed by atoms with Crippen molar-refractivity contribution in [2.75, 3.05) is 42.5 Å². The van der Waals surface area contributed by atoms with E-state index in [-0.39, 0.29) is 17.6 Å². The third kappa shape index (κ3) is 3.79. The van der Waals surface area contributed by atoms with Crippen molar-refractivity contribution in [2.24, 2.45) is 5.92 Å². The zero-order chi connectivity index (χ0) is 20.5. The molecule has 156 valence electrons. The number of piperazine rings is 1. The van der Waals surface area contributed by atoms with Crippen LogP contribution in [0.3, 0.4) is 0 Å². The van der Waals surface area contributed by atoms with E-state index >= 15 is 0 Å². The number of carbonyl (C=O) groups excluding carboxylic acids is 1. The average molecular weight is 409 g/mol. The first-order chi connectivity index (χ1) is 14.7. The minimum Gasteiger partial charge on any atom is -0.368 e. The molecule has 8 nitrogen and oxygen atoms in total. The first-order valence-corrected chi connectivity index (χ1v) is 10.4. The predicted octanol–water partition coefficient (Wildman–Crippen LogP) is 1.82. The van der Waals surface area contributed by atoms with Gasteiger partial charge in [-0.15, -0.1) is 0 Å². The van der Waals surface area contributed by atoms with Crippen molar-refractivity contribution in [2.45, 2.75) is 19.4 Å². The number of fused-ring (bicyclic) bond motifs is 1. The summed E-state index contributed by atoms with van der Waals surface area (Å²) < 4.78 is 15.0. The van der Waals surface area contributed by atoms with Gasteiger partial charge in [0.15, 0.2) is 5.65 Å². The van der Waals surface area contributed by atoms with Crippen LogP contribution in [0.4, 0.5) is 15.9 Å². The zero-order valence-corrected chi connectivity index (χ0v) is 16.7. The van der Waals surface area contributed by atoms with E-state index in [1.807, 2.05) is 16.8 Å². The standard InChI is InChI=1S/C21H24FN7O/c22-16-3-5-17(6-4-16)27-9-11-28(12-10-27)19-18-13-26-29(20(18)25-14-24-19)8-7-23-21(30)15-1-2-15/h3-6,13-15H,1-2,7-12H2,(H,23,30). The fourth-order valence-corrected chi connectivity index (χ4v) is 3.90. The molecule has 1 saturated carbocycles. The highest BCUT2D eigenvalue weighted by molar-refractivity contribution is 5.87. The molecule has 1 aliphatic carbocycles. The Labute approximate surface area is 173 Å². The summed E-state index contributed by atoms with van der Waals surface area (Å²) in [6.45, 7) is 4.41. The second-order valence-electron chi connectivity index (χ2n) is 7.82. The van der Waals surface area contributed by atoms with Crippen molar-refractivity contribution >= 4 is 28.4 Å². The minimum atomic E-state index is -0.218. The molecular formula is C21H24FN7O. The van der Waals surface area contributed by atoms with E-state index in [0.29, 0.717) is 13.1 Å². The second kappa shape index (κ2) is 7.89. The zero-order valence-electron chi connectivity index (χ0n) is 16.7. The summed E-state index contributed by atoms with van der Waals surface area (Å²) in [5.74, 6) is 1.01. The molecule has 0 bridgehead atoms. The van der Waals surface area contributed by atoms with Gasteiger partial charge in [0.25, 0.3) is 0 Å². The molecule has 0 unspecified atom stereocenters. The molecule has 2 aliphatic rings. The Hall–Kier alpha value is -3.23.